The van der Waals surface area contributed by atoms with E-state index in [1.165, 1.54) is 19.1 Å². The van der Waals surface area contributed by atoms with Gasteiger partial charge in [-0.1, -0.05) is 0 Å². The molecule has 0 radical (unpaired) electrons. The van der Waals surface area contributed by atoms with Gasteiger partial charge in [0.25, 0.3) is 0 Å². The molecule has 1 heterocycles. The highest BCUT2D eigenvalue weighted by Crippen LogP contribution is 2.37. The topological polar surface area (TPSA) is 60.0 Å². The average Bonchev–Trinajstić information content (AvgIpc) is 2.47. The Kier molecular flexibility index (Phi) is 5.61. The molecule has 0 fully saturated rings. The lowest BCUT2D eigenvalue weighted by Gasteiger charge is -2.17. The minimum absolute atomic E-state index is 0.118. The fourth-order valence-corrected chi connectivity index (χ4v) is 2.18. The SMILES string of the molecule is CC(F)c1cc(COC2=NC(N)C(F)C=N2)cc(C(F)(F)I)c1. The highest BCUT2D eigenvalue weighted by molar-refractivity contribution is 14.1. The Morgan fingerprint density at radius 2 is 2.09 bits per heavy atom. The molecule has 0 amide bonds. The zero-order valence-electron chi connectivity index (χ0n) is 12.0. The van der Waals surface area contributed by atoms with E-state index < -0.39 is 22.4 Å². The Labute approximate surface area is 144 Å². The van der Waals surface area contributed by atoms with Crippen LogP contribution in [-0.2, 0) is 15.3 Å². The van der Waals surface area contributed by atoms with Gasteiger partial charge < -0.3 is 10.5 Å². The lowest BCUT2D eigenvalue weighted by Crippen LogP contribution is -2.35. The van der Waals surface area contributed by atoms with Gasteiger partial charge in [0.15, 0.2) is 6.17 Å². The van der Waals surface area contributed by atoms with Crippen molar-refractivity contribution in [1.82, 2.24) is 0 Å². The Bertz CT molecular complexity index is 631. The lowest BCUT2D eigenvalue weighted by molar-refractivity contribution is 0.127. The second kappa shape index (κ2) is 7.12. The standard InChI is InChI=1S/C14H14F4IN3O/c1-7(15)9-2-8(3-10(4-9)14(17,18)19)6-23-13-21-5-11(16)12(20)22-13/h2-5,7,11-12H,6,20H2,1H3. The zero-order chi connectivity index (χ0) is 17.2. The van der Waals surface area contributed by atoms with Gasteiger partial charge >= 0.3 is 9.95 Å². The quantitative estimate of drug-likeness (QED) is 0.438. The Morgan fingerprint density at radius 3 is 2.65 bits per heavy atom. The molecule has 3 atom stereocenters. The largest absolute Gasteiger partial charge is 0.459 e. The highest BCUT2D eigenvalue weighted by Gasteiger charge is 2.28. The van der Waals surface area contributed by atoms with Crippen molar-refractivity contribution in [3.8, 4) is 0 Å². The Hall–Kier alpha value is -1.23. The number of nitrogens with zero attached hydrogens (tertiary/aromatic N) is 2. The number of nitrogens with two attached hydrogens (primary N) is 1. The number of benzene rings is 1. The third-order valence-electron chi connectivity index (χ3n) is 3.08. The number of hydrogen-bond donors (Lipinski definition) is 1. The molecule has 0 spiro atoms. The highest BCUT2D eigenvalue weighted by atomic mass is 127. The van der Waals surface area contributed by atoms with Crippen LogP contribution in [0.3, 0.4) is 0 Å². The number of amidine groups is 1. The molecule has 1 aliphatic rings. The first-order chi connectivity index (χ1) is 10.7. The van der Waals surface area contributed by atoms with Crippen molar-refractivity contribution >= 4 is 34.8 Å². The number of halogens is 5. The lowest BCUT2D eigenvalue weighted by atomic mass is 10.0. The van der Waals surface area contributed by atoms with Crippen LogP contribution in [0.5, 0.6) is 0 Å². The van der Waals surface area contributed by atoms with Crippen molar-refractivity contribution < 1.29 is 22.3 Å². The summed E-state index contributed by atoms with van der Waals surface area (Å²) in [5.41, 5.74) is 5.52. The Balaban J connectivity index is 2.18. The van der Waals surface area contributed by atoms with Crippen LogP contribution >= 0.6 is 22.6 Å². The predicted molar refractivity (Wildman–Crippen MR) is 87.5 cm³/mol. The molecule has 2 N–H and O–H groups in total. The molecule has 0 aliphatic carbocycles. The van der Waals surface area contributed by atoms with Gasteiger partial charge in [-0.2, -0.15) is 8.78 Å². The van der Waals surface area contributed by atoms with E-state index in [0.29, 0.717) is 5.56 Å². The molecule has 3 unspecified atom stereocenters. The zero-order valence-corrected chi connectivity index (χ0v) is 14.2. The number of rotatable bonds is 4. The fourth-order valence-electron chi connectivity index (χ4n) is 1.87. The van der Waals surface area contributed by atoms with Crippen molar-refractivity contribution in [2.24, 2.45) is 15.7 Å². The number of hydrogen-bond acceptors (Lipinski definition) is 4. The van der Waals surface area contributed by atoms with Crippen LogP contribution in [0.4, 0.5) is 17.6 Å². The van der Waals surface area contributed by atoms with E-state index in [1.54, 1.807) is 0 Å². The summed E-state index contributed by atoms with van der Waals surface area (Å²) >= 11 is 0.974. The van der Waals surface area contributed by atoms with Crippen molar-refractivity contribution in [1.29, 1.82) is 0 Å². The van der Waals surface area contributed by atoms with E-state index in [-0.39, 0.29) is 23.8 Å². The first-order valence-electron chi connectivity index (χ1n) is 6.66. The molecule has 9 heteroatoms. The Morgan fingerprint density at radius 1 is 1.39 bits per heavy atom. The molecule has 0 aromatic heterocycles. The van der Waals surface area contributed by atoms with Crippen LogP contribution in [0.15, 0.2) is 28.2 Å². The normalized spacial score (nSPS) is 22.7. The molecule has 0 saturated heterocycles. The van der Waals surface area contributed by atoms with Gasteiger partial charge in [0.1, 0.15) is 18.9 Å². The van der Waals surface area contributed by atoms with Crippen molar-refractivity contribution in [3.63, 3.8) is 0 Å². The van der Waals surface area contributed by atoms with Crippen LogP contribution in [0.1, 0.15) is 29.8 Å². The van der Waals surface area contributed by atoms with Gasteiger partial charge in [-0.05, 0) is 36.2 Å². The van der Waals surface area contributed by atoms with E-state index in [4.69, 9.17) is 10.5 Å². The first kappa shape index (κ1) is 18.1. The number of alkyl halides is 5. The van der Waals surface area contributed by atoms with E-state index >= 15 is 0 Å². The monoisotopic (exact) mass is 443 g/mol. The van der Waals surface area contributed by atoms with Gasteiger partial charge in [0, 0.05) is 34.4 Å². The van der Waals surface area contributed by atoms with Crippen LogP contribution in [-0.4, -0.2) is 24.6 Å². The van der Waals surface area contributed by atoms with Gasteiger partial charge in [0.05, 0.1) is 0 Å². The minimum atomic E-state index is -3.14. The maximum absolute atomic E-state index is 13.5. The molecule has 1 aromatic carbocycles. The summed E-state index contributed by atoms with van der Waals surface area (Å²) in [6.45, 7) is 1.09. The van der Waals surface area contributed by atoms with E-state index in [2.05, 4.69) is 9.98 Å². The molecular weight excluding hydrogens is 429 g/mol. The van der Waals surface area contributed by atoms with Crippen LogP contribution in [0, 0.1) is 0 Å². The van der Waals surface area contributed by atoms with Crippen LogP contribution < -0.4 is 5.73 Å². The van der Waals surface area contributed by atoms with E-state index in [9.17, 15) is 17.6 Å². The van der Waals surface area contributed by atoms with Crippen LogP contribution in [0.25, 0.3) is 0 Å². The van der Waals surface area contributed by atoms with Crippen molar-refractivity contribution in [2.75, 3.05) is 0 Å². The van der Waals surface area contributed by atoms with Crippen molar-refractivity contribution in [2.45, 2.75) is 36.0 Å². The molecule has 126 valence electrons. The van der Waals surface area contributed by atoms with E-state index in [0.717, 1.165) is 34.9 Å². The third-order valence-corrected chi connectivity index (χ3v) is 3.71. The van der Waals surface area contributed by atoms with Gasteiger partial charge in [-0.15, -0.1) is 0 Å². The third kappa shape index (κ3) is 4.87. The molecule has 2 rings (SSSR count). The summed E-state index contributed by atoms with van der Waals surface area (Å²) in [6, 6.07) is 3.60. The predicted octanol–water partition coefficient (Wildman–Crippen LogP) is 3.78. The van der Waals surface area contributed by atoms with Crippen LogP contribution in [0.2, 0.25) is 0 Å². The molecule has 0 bridgehead atoms. The number of ether oxygens (including phenoxy) is 1. The summed E-state index contributed by atoms with van der Waals surface area (Å²) in [4.78, 5) is 7.31. The fraction of sp³-hybridized carbons (Fsp3) is 0.429. The number of aliphatic imine (C=N–C) groups is 2. The van der Waals surface area contributed by atoms with Gasteiger partial charge in [-0.3, -0.25) is 0 Å². The summed E-state index contributed by atoms with van der Waals surface area (Å²) in [7, 11) is 0. The molecule has 1 aliphatic heterocycles. The molecular formula is C14H14F4IN3O. The smallest absolute Gasteiger partial charge is 0.321 e. The molecule has 1 aromatic rings. The summed E-state index contributed by atoms with van der Waals surface area (Å²) < 4.78 is 55.6. The first-order valence-corrected chi connectivity index (χ1v) is 7.74. The molecule has 0 saturated carbocycles. The molecule has 23 heavy (non-hydrogen) atoms. The summed E-state index contributed by atoms with van der Waals surface area (Å²) in [6.07, 6.45) is -3.06. The summed E-state index contributed by atoms with van der Waals surface area (Å²) in [5, 5.41) is 0. The van der Waals surface area contributed by atoms with Gasteiger partial charge in [0.2, 0.25) is 0 Å². The van der Waals surface area contributed by atoms with E-state index in [1.807, 2.05) is 0 Å². The maximum Gasteiger partial charge on any atom is 0.321 e. The molecule has 4 nitrogen and oxygen atoms in total. The minimum Gasteiger partial charge on any atom is -0.459 e. The maximum atomic E-state index is 13.5. The van der Waals surface area contributed by atoms with Crippen molar-refractivity contribution in [3.05, 3.63) is 34.9 Å². The second-order valence-corrected chi connectivity index (χ2v) is 6.35. The van der Waals surface area contributed by atoms with Gasteiger partial charge in [-0.25, -0.2) is 18.8 Å². The summed E-state index contributed by atoms with van der Waals surface area (Å²) in [5.74, 6) is 0. The average molecular weight is 443 g/mol. The second-order valence-electron chi connectivity index (χ2n) is 4.99.